The average Bonchev–Trinajstić information content (AvgIpc) is 4.00. The van der Waals surface area contributed by atoms with Crippen LogP contribution in [0.1, 0.15) is 64.5 Å². The second-order valence-corrected chi connectivity index (χ2v) is 16.1. The van der Waals surface area contributed by atoms with E-state index in [9.17, 15) is 54.3 Å². The van der Waals surface area contributed by atoms with Crippen LogP contribution in [-0.2, 0) is 49.5 Å². The topological polar surface area (TPSA) is 358 Å². The van der Waals surface area contributed by atoms with Gasteiger partial charge in [-0.1, -0.05) is 19.0 Å². The summed E-state index contributed by atoms with van der Waals surface area (Å²) in [4.78, 5) is 92.5. The molecule has 1 saturated heterocycles. The fraction of sp³-hybridized carbons (Fsp3) is 0.750. The first kappa shape index (κ1) is 56.0. The van der Waals surface area contributed by atoms with Crippen LogP contribution in [0.4, 0.5) is 0 Å². The average molecular weight is 933 g/mol. The number of hydrogen-bond donors (Lipinski definition) is 12. The number of hydrogen-bond acceptors (Lipinski definition) is 19. The number of nitrogens with two attached hydrogens (primary N) is 1. The van der Waals surface area contributed by atoms with Gasteiger partial charge in [0.05, 0.1) is 76.6 Å². The highest BCUT2D eigenvalue weighted by atomic mass is 32.1. The number of rotatable bonds is 34. The Morgan fingerprint density at radius 3 is 2.31 bits per heavy atom. The van der Waals surface area contributed by atoms with Gasteiger partial charge < -0.3 is 76.5 Å². The molecule has 1 fully saturated rings. The molecule has 4 amide bonds. The molecule has 64 heavy (non-hydrogen) atoms. The van der Waals surface area contributed by atoms with Gasteiger partial charge in [-0.3, -0.25) is 28.8 Å². The maximum absolute atomic E-state index is 14.0. The number of nitrogens with zero attached hydrogens (tertiary/aromatic N) is 3. The number of aliphatic hydroxyl groups is 6. The smallest absolute Gasteiger partial charge is 0.243 e. The van der Waals surface area contributed by atoms with Gasteiger partial charge in [-0.15, -0.1) is 0 Å². The molecule has 1 aliphatic rings. The van der Waals surface area contributed by atoms with Crippen molar-refractivity contribution in [2.75, 3.05) is 65.1 Å². The van der Waals surface area contributed by atoms with Gasteiger partial charge in [0.15, 0.2) is 11.6 Å². The van der Waals surface area contributed by atoms with Gasteiger partial charge in [-0.25, -0.2) is 4.98 Å². The first-order chi connectivity index (χ1) is 30.5. The number of imidazole rings is 1. The zero-order valence-corrected chi connectivity index (χ0v) is 37.4. The minimum atomic E-state index is -1.88. The number of Topliss-reactive ketones (excluding diaryl/α,β-unsaturated/α-hetero) is 2. The van der Waals surface area contributed by atoms with E-state index in [1.165, 1.54) is 17.4 Å². The molecule has 5 unspecified atom stereocenters. The first-order valence-electron chi connectivity index (χ1n) is 21.4. The van der Waals surface area contributed by atoms with Crippen molar-refractivity contribution in [1.82, 2.24) is 30.8 Å². The number of aromatic nitrogens is 2. The predicted molar refractivity (Wildman–Crippen MR) is 231 cm³/mol. The van der Waals surface area contributed by atoms with Gasteiger partial charge in [-0.2, -0.15) is 12.6 Å². The van der Waals surface area contributed by atoms with Crippen LogP contribution >= 0.6 is 12.6 Å². The third-order valence-electron chi connectivity index (χ3n) is 10.2. The number of carbonyl (C=O) groups excluding carboxylic acids is 6. The molecule has 0 spiro atoms. The summed E-state index contributed by atoms with van der Waals surface area (Å²) < 4.78 is 10.9. The number of thiol groups is 1. The Balaban J connectivity index is 1.95. The van der Waals surface area contributed by atoms with E-state index in [-0.39, 0.29) is 102 Å². The number of aliphatic hydroxyl groups excluding tert-OH is 6. The lowest BCUT2D eigenvalue weighted by Gasteiger charge is -2.28. The van der Waals surface area contributed by atoms with Crippen LogP contribution in [-0.4, -0.2) is 201 Å². The molecule has 12 N–H and O–H groups in total. The Hall–Kier alpha value is -4.11. The zero-order valence-electron chi connectivity index (χ0n) is 36.5. The first-order valence-corrected chi connectivity index (χ1v) is 22.0. The molecular formula is C40H68N8O15S. The van der Waals surface area contributed by atoms with Gasteiger partial charge in [0, 0.05) is 50.0 Å². The van der Waals surface area contributed by atoms with E-state index < -0.39 is 91.1 Å². The third kappa shape index (κ3) is 20.4. The number of aromatic amines is 1. The summed E-state index contributed by atoms with van der Waals surface area (Å²) in [7, 11) is 0. The van der Waals surface area contributed by atoms with E-state index in [2.05, 4.69) is 43.7 Å². The lowest BCUT2D eigenvalue weighted by Crippen LogP contribution is -2.52. The van der Waals surface area contributed by atoms with Crippen molar-refractivity contribution in [3.05, 3.63) is 18.2 Å². The number of amides is 4. The highest BCUT2D eigenvalue weighted by Gasteiger charge is 2.37. The van der Waals surface area contributed by atoms with E-state index in [1.54, 1.807) is 0 Å². The van der Waals surface area contributed by atoms with Crippen LogP contribution in [0.2, 0.25) is 0 Å². The Kier molecular flexibility index (Phi) is 27.1. The Labute approximate surface area is 377 Å². The van der Waals surface area contributed by atoms with Crippen LogP contribution in [0, 0.1) is 11.8 Å². The molecule has 0 aliphatic carbocycles. The largest absolute Gasteiger partial charge is 0.396 e. The second kappa shape index (κ2) is 30.9. The molecule has 2 rings (SSSR count). The minimum absolute atomic E-state index is 0.0118. The molecule has 0 aromatic carbocycles. The van der Waals surface area contributed by atoms with Crippen LogP contribution in [0.3, 0.4) is 0 Å². The normalized spacial score (nSPS) is 17.9. The Morgan fingerprint density at radius 2 is 1.67 bits per heavy atom. The minimum Gasteiger partial charge on any atom is -0.396 e. The van der Waals surface area contributed by atoms with Gasteiger partial charge in [0.2, 0.25) is 23.6 Å². The summed E-state index contributed by atoms with van der Waals surface area (Å²) in [5.74, 6) is -3.69. The standard InChI is InChI=1S/C40H68N8O15S/c1-24(2)15-28(46-40(60)30-5-3-9-48(30)35(55)7-11-61-13-14-62-12-8-43-39(59)27(41)22-64)32(52)17-25(16-26-18-42-23-44-26)38(58)47-29(20-49)31(51)6-4-10-63-45-19-33(53)36(56)37(57)34(54)21-50/h18-19,23-25,27-30,33-34,36-37,49-50,53-54,56-57,64H,3-17,20-22,41H2,1-2H3,(H,42,44)(H,43,59)(H,46,60)(H,47,58)/b45-19+/t25-,27+,28+,29+,30?,33?,34?,36?,37?/m1/s1. The molecule has 24 heteroatoms. The zero-order chi connectivity index (χ0) is 47.6. The van der Waals surface area contributed by atoms with Gasteiger partial charge >= 0.3 is 0 Å². The summed E-state index contributed by atoms with van der Waals surface area (Å²) >= 11 is 3.98. The highest BCUT2D eigenvalue weighted by molar-refractivity contribution is 7.80. The van der Waals surface area contributed by atoms with Crippen LogP contribution in [0.15, 0.2) is 17.7 Å². The maximum atomic E-state index is 14.0. The van der Waals surface area contributed by atoms with Crippen molar-refractivity contribution < 1.29 is 73.7 Å². The van der Waals surface area contributed by atoms with Crippen LogP contribution in [0.5, 0.6) is 0 Å². The van der Waals surface area contributed by atoms with E-state index in [4.69, 9.17) is 25.2 Å². The third-order valence-corrected chi connectivity index (χ3v) is 10.5. The van der Waals surface area contributed by atoms with E-state index >= 15 is 0 Å². The van der Waals surface area contributed by atoms with Crippen molar-refractivity contribution in [2.45, 2.75) is 114 Å². The molecular weight excluding hydrogens is 865 g/mol. The summed E-state index contributed by atoms with van der Waals surface area (Å²) in [5.41, 5.74) is 6.11. The second-order valence-electron chi connectivity index (χ2n) is 15.8. The Bertz CT molecular complexity index is 1590. The van der Waals surface area contributed by atoms with E-state index in [1.807, 2.05) is 13.8 Å². The van der Waals surface area contributed by atoms with E-state index in [0.717, 1.165) is 6.21 Å². The van der Waals surface area contributed by atoms with Gasteiger partial charge in [-0.05, 0) is 31.6 Å². The monoisotopic (exact) mass is 932 g/mol. The molecule has 364 valence electrons. The molecule has 1 aromatic rings. The lowest BCUT2D eigenvalue weighted by atomic mass is 9.90. The molecule has 9 atom stereocenters. The number of oxime groups is 1. The number of ketones is 2. The molecule has 0 radical (unpaired) electrons. The Morgan fingerprint density at radius 1 is 0.953 bits per heavy atom. The molecule has 0 bridgehead atoms. The molecule has 0 saturated carbocycles. The highest BCUT2D eigenvalue weighted by Crippen LogP contribution is 2.21. The maximum Gasteiger partial charge on any atom is 0.243 e. The van der Waals surface area contributed by atoms with Crippen molar-refractivity contribution in [2.24, 2.45) is 22.7 Å². The number of ether oxygens (including phenoxy) is 2. The van der Waals surface area contributed by atoms with Crippen LogP contribution < -0.4 is 21.7 Å². The summed E-state index contributed by atoms with van der Waals surface area (Å²) in [6.07, 6.45) is -2.78. The summed E-state index contributed by atoms with van der Waals surface area (Å²) in [6, 6.07) is -3.85. The quantitative estimate of drug-likeness (QED) is 0.0136. The number of likely N-dealkylation sites (tertiary alicyclic amines) is 1. The van der Waals surface area contributed by atoms with E-state index in [0.29, 0.717) is 25.1 Å². The molecule has 23 nitrogen and oxygen atoms in total. The molecule has 2 heterocycles. The predicted octanol–water partition coefficient (Wildman–Crippen LogP) is -3.89. The molecule has 1 aromatic heterocycles. The van der Waals surface area contributed by atoms with Gasteiger partial charge in [0.1, 0.15) is 43.1 Å². The van der Waals surface area contributed by atoms with Crippen LogP contribution in [0.25, 0.3) is 0 Å². The number of H-pyrrole nitrogens is 1. The van der Waals surface area contributed by atoms with Crippen molar-refractivity contribution in [1.29, 1.82) is 0 Å². The lowest BCUT2D eigenvalue weighted by molar-refractivity contribution is -0.140. The SMILES string of the molecule is CC(C)C[C@H](NC(=O)C1CCCN1C(=O)CCOCCOCCNC(=O)[C@@H](N)CS)C(=O)C[C@@H](Cc1cnc[nH]1)C(=O)N[C@@H](CO)C(=O)CCCO/N=C/C(O)C(O)C(O)C(O)CO. The van der Waals surface area contributed by atoms with Crippen molar-refractivity contribution >= 4 is 54.0 Å². The number of carbonyl (C=O) groups is 6. The fourth-order valence-electron chi connectivity index (χ4n) is 6.52. The van der Waals surface area contributed by atoms with Crippen molar-refractivity contribution in [3.8, 4) is 0 Å². The summed E-state index contributed by atoms with van der Waals surface area (Å²) in [6.45, 7) is 3.39. The summed E-state index contributed by atoms with van der Waals surface area (Å²) in [5, 5.41) is 69.1. The number of nitrogens with one attached hydrogen (secondary N) is 4. The molecule has 1 aliphatic heterocycles. The van der Waals surface area contributed by atoms with Crippen molar-refractivity contribution in [3.63, 3.8) is 0 Å². The van der Waals surface area contributed by atoms with Gasteiger partial charge in [0.25, 0.3) is 0 Å². The fourth-order valence-corrected chi connectivity index (χ4v) is 6.69.